The molecule has 0 aromatic heterocycles. The molecule has 1 saturated carbocycles. The van der Waals surface area contributed by atoms with Crippen molar-refractivity contribution < 1.29 is 14.3 Å². The van der Waals surface area contributed by atoms with Gasteiger partial charge in [-0.25, -0.2) is 4.79 Å². The molecule has 0 bridgehead atoms. The highest BCUT2D eigenvalue weighted by atomic mass is 16.7. The predicted molar refractivity (Wildman–Crippen MR) is 60.0 cm³/mol. The lowest BCUT2D eigenvalue weighted by Gasteiger charge is -2.11. The zero-order chi connectivity index (χ0) is 11.2. The summed E-state index contributed by atoms with van der Waals surface area (Å²) in [6.45, 7) is 0.284. The minimum atomic E-state index is -0.546. The Morgan fingerprint density at radius 3 is 2.56 bits per heavy atom. The highest BCUT2D eigenvalue weighted by Gasteiger charge is 2.19. The maximum absolute atomic E-state index is 11.3. The van der Waals surface area contributed by atoms with Gasteiger partial charge in [-0.05, 0) is 31.2 Å². The highest BCUT2D eigenvalue weighted by Crippen LogP contribution is 2.21. The molecule has 0 heterocycles. The van der Waals surface area contributed by atoms with E-state index in [2.05, 4.69) is 0 Å². The molecule has 1 aromatic rings. The molecule has 1 aliphatic carbocycles. The second-order valence-corrected chi connectivity index (χ2v) is 4.05. The van der Waals surface area contributed by atoms with Crippen LogP contribution in [-0.4, -0.2) is 12.3 Å². The molecule has 16 heavy (non-hydrogen) atoms. The second kappa shape index (κ2) is 5.54. The summed E-state index contributed by atoms with van der Waals surface area (Å²) in [5.41, 5.74) is 0.978. The second-order valence-electron chi connectivity index (χ2n) is 4.05. The van der Waals surface area contributed by atoms with Gasteiger partial charge in [0, 0.05) is 0 Å². The van der Waals surface area contributed by atoms with Crippen LogP contribution in [0.3, 0.4) is 0 Å². The van der Waals surface area contributed by atoms with Gasteiger partial charge in [0.15, 0.2) is 0 Å². The topological polar surface area (TPSA) is 35.5 Å². The number of ether oxygens (including phenoxy) is 2. The van der Waals surface area contributed by atoms with Gasteiger partial charge in [-0.1, -0.05) is 30.3 Å². The zero-order valence-electron chi connectivity index (χ0n) is 9.22. The molecule has 0 amide bonds. The van der Waals surface area contributed by atoms with Crippen molar-refractivity contribution in [2.24, 2.45) is 0 Å². The summed E-state index contributed by atoms with van der Waals surface area (Å²) in [7, 11) is 0. The summed E-state index contributed by atoms with van der Waals surface area (Å²) < 4.78 is 10.2. The summed E-state index contributed by atoms with van der Waals surface area (Å²) in [6.07, 6.45) is 3.77. The van der Waals surface area contributed by atoms with E-state index >= 15 is 0 Å². The van der Waals surface area contributed by atoms with Crippen LogP contribution in [0.25, 0.3) is 0 Å². The van der Waals surface area contributed by atoms with Gasteiger partial charge in [0.25, 0.3) is 0 Å². The maximum Gasteiger partial charge on any atom is 0.508 e. The van der Waals surface area contributed by atoms with Crippen LogP contribution in [0.15, 0.2) is 30.3 Å². The smallest absolute Gasteiger partial charge is 0.431 e. The van der Waals surface area contributed by atoms with Crippen LogP contribution >= 0.6 is 0 Å². The van der Waals surface area contributed by atoms with Gasteiger partial charge in [0.1, 0.15) is 12.7 Å². The molecule has 0 unspecified atom stereocenters. The van der Waals surface area contributed by atoms with Gasteiger partial charge in [0.2, 0.25) is 0 Å². The maximum atomic E-state index is 11.3. The van der Waals surface area contributed by atoms with E-state index in [0.717, 1.165) is 31.2 Å². The van der Waals surface area contributed by atoms with E-state index in [1.165, 1.54) is 0 Å². The van der Waals surface area contributed by atoms with Crippen molar-refractivity contribution in [3.63, 3.8) is 0 Å². The van der Waals surface area contributed by atoms with E-state index in [1.54, 1.807) is 0 Å². The molecule has 0 spiro atoms. The van der Waals surface area contributed by atoms with Crippen LogP contribution in [-0.2, 0) is 16.1 Å². The van der Waals surface area contributed by atoms with Gasteiger partial charge >= 0.3 is 6.16 Å². The summed E-state index contributed by atoms with van der Waals surface area (Å²) in [6, 6.07) is 9.61. The Kier molecular flexibility index (Phi) is 3.81. The van der Waals surface area contributed by atoms with Gasteiger partial charge in [-0.3, -0.25) is 0 Å². The minimum absolute atomic E-state index is 0.0725. The molecule has 1 aliphatic rings. The molecule has 86 valence electrons. The zero-order valence-corrected chi connectivity index (χ0v) is 9.22. The average molecular weight is 220 g/mol. The van der Waals surface area contributed by atoms with Gasteiger partial charge < -0.3 is 9.47 Å². The number of rotatable bonds is 3. The quantitative estimate of drug-likeness (QED) is 0.733. The molecule has 0 N–H and O–H groups in total. The Morgan fingerprint density at radius 1 is 1.19 bits per heavy atom. The first-order valence-electron chi connectivity index (χ1n) is 5.72. The molecule has 3 heteroatoms. The predicted octanol–water partition coefficient (Wildman–Crippen LogP) is 3.28. The SMILES string of the molecule is O=C(OCc1ccccc1)OC1CCCC1. The fraction of sp³-hybridized carbons (Fsp3) is 0.462. The Bertz CT molecular complexity index is 328. The van der Waals surface area contributed by atoms with Crippen molar-refractivity contribution in [2.45, 2.75) is 38.4 Å². The van der Waals surface area contributed by atoms with Crippen LogP contribution in [0.2, 0.25) is 0 Å². The molecule has 0 atom stereocenters. The molecule has 2 rings (SSSR count). The number of hydrogen-bond acceptors (Lipinski definition) is 3. The van der Waals surface area contributed by atoms with Gasteiger partial charge in [-0.15, -0.1) is 0 Å². The van der Waals surface area contributed by atoms with E-state index in [1.807, 2.05) is 30.3 Å². The minimum Gasteiger partial charge on any atom is -0.431 e. The molecular formula is C13H16O3. The van der Waals surface area contributed by atoms with Crippen molar-refractivity contribution in [3.05, 3.63) is 35.9 Å². The molecule has 3 nitrogen and oxygen atoms in total. The number of carbonyl (C=O) groups is 1. The van der Waals surface area contributed by atoms with Crippen LogP contribution in [0.4, 0.5) is 4.79 Å². The summed E-state index contributed by atoms with van der Waals surface area (Å²) in [5, 5.41) is 0. The highest BCUT2D eigenvalue weighted by molar-refractivity contribution is 5.60. The fourth-order valence-electron chi connectivity index (χ4n) is 1.89. The van der Waals surface area contributed by atoms with E-state index in [0.29, 0.717) is 0 Å². The number of carbonyl (C=O) groups excluding carboxylic acids is 1. The molecule has 0 radical (unpaired) electrons. The fourth-order valence-corrected chi connectivity index (χ4v) is 1.89. The monoisotopic (exact) mass is 220 g/mol. The van der Waals surface area contributed by atoms with Crippen molar-refractivity contribution in [3.8, 4) is 0 Å². The Morgan fingerprint density at radius 2 is 1.88 bits per heavy atom. The average Bonchev–Trinajstić information content (AvgIpc) is 2.81. The van der Waals surface area contributed by atoms with Gasteiger partial charge in [0.05, 0.1) is 0 Å². The lowest BCUT2D eigenvalue weighted by molar-refractivity contribution is 0.0212. The van der Waals surface area contributed by atoms with Crippen LogP contribution < -0.4 is 0 Å². The van der Waals surface area contributed by atoms with Crippen molar-refractivity contribution in [1.82, 2.24) is 0 Å². The molecule has 1 fully saturated rings. The Labute approximate surface area is 95.4 Å². The van der Waals surface area contributed by atoms with Crippen LogP contribution in [0.1, 0.15) is 31.2 Å². The normalized spacial score (nSPS) is 16.0. The number of benzene rings is 1. The lowest BCUT2D eigenvalue weighted by Crippen LogP contribution is -2.15. The first-order chi connectivity index (χ1) is 7.84. The Hall–Kier alpha value is -1.51. The van der Waals surface area contributed by atoms with E-state index in [-0.39, 0.29) is 12.7 Å². The largest absolute Gasteiger partial charge is 0.508 e. The Balaban J connectivity index is 1.71. The molecule has 0 saturated heterocycles. The summed E-state index contributed by atoms with van der Waals surface area (Å²) in [5.74, 6) is 0. The van der Waals surface area contributed by atoms with E-state index in [9.17, 15) is 4.79 Å². The van der Waals surface area contributed by atoms with Crippen molar-refractivity contribution in [1.29, 1.82) is 0 Å². The van der Waals surface area contributed by atoms with E-state index < -0.39 is 6.16 Å². The summed E-state index contributed by atoms with van der Waals surface area (Å²) in [4.78, 5) is 11.3. The van der Waals surface area contributed by atoms with E-state index in [4.69, 9.17) is 9.47 Å². The first kappa shape index (κ1) is 11.0. The molecule has 0 aliphatic heterocycles. The third kappa shape index (κ3) is 3.26. The van der Waals surface area contributed by atoms with Crippen molar-refractivity contribution >= 4 is 6.16 Å². The van der Waals surface area contributed by atoms with Crippen LogP contribution in [0.5, 0.6) is 0 Å². The first-order valence-corrected chi connectivity index (χ1v) is 5.72. The van der Waals surface area contributed by atoms with Crippen molar-refractivity contribution in [2.75, 3.05) is 0 Å². The molecule has 1 aromatic carbocycles. The standard InChI is InChI=1S/C13H16O3/c14-13(16-12-8-4-5-9-12)15-10-11-6-2-1-3-7-11/h1-3,6-7,12H,4-5,8-10H2. The lowest BCUT2D eigenvalue weighted by atomic mass is 10.2. The number of hydrogen-bond donors (Lipinski definition) is 0. The third-order valence-corrected chi connectivity index (χ3v) is 2.76. The molecular weight excluding hydrogens is 204 g/mol. The third-order valence-electron chi connectivity index (χ3n) is 2.76. The van der Waals surface area contributed by atoms with Gasteiger partial charge in [-0.2, -0.15) is 0 Å². The summed E-state index contributed by atoms with van der Waals surface area (Å²) >= 11 is 0. The van der Waals surface area contributed by atoms with Crippen LogP contribution in [0, 0.1) is 0 Å².